The van der Waals surface area contributed by atoms with Gasteiger partial charge in [0.05, 0.1) is 5.92 Å². The van der Waals surface area contributed by atoms with E-state index in [1.54, 1.807) is 0 Å². The fourth-order valence-corrected chi connectivity index (χ4v) is 4.66. The maximum Gasteiger partial charge on any atom is 0.320 e. The fourth-order valence-electron chi connectivity index (χ4n) is 4.66. The topological polar surface area (TPSA) is 101 Å². The lowest BCUT2D eigenvalue weighted by molar-refractivity contribution is -0.146. The Morgan fingerprint density at radius 1 is 0.893 bits per heavy atom. The molecule has 2 atom stereocenters. The highest BCUT2D eigenvalue weighted by molar-refractivity contribution is 5.76. The van der Waals surface area contributed by atoms with Crippen LogP contribution in [0.4, 0.5) is 0 Å². The zero-order valence-electron chi connectivity index (χ0n) is 15.8. The van der Waals surface area contributed by atoms with E-state index in [2.05, 4.69) is 24.3 Å². The van der Waals surface area contributed by atoms with Crippen molar-refractivity contribution in [3.8, 4) is 0 Å². The van der Waals surface area contributed by atoms with E-state index in [1.165, 1.54) is 11.1 Å². The summed E-state index contributed by atoms with van der Waals surface area (Å²) in [7, 11) is 0. The van der Waals surface area contributed by atoms with Gasteiger partial charge in [0.25, 0.3) is 0 Å². The number of carboxylic acids is 2. The maximum atomic E-state index is 11.8. The summed E-state index contributed by atoms with van der Waals surface area (Å²) in [5.74, 6) is -2.89. The van der Waals surface area contributed by atoms with Gasteiger partial charge in [0, 0.05) is 5.41 Å². The molecule has 1 saturated carbocycles. The first-order chi connectivity index (χ1) is 13.4. The van der Waals surface area contributed by atoms with Crippen molar-refractivity contribution in [2.24, 2.45) is 17.6 Å². The van der Waals surface area contributed by atoms with Gasteiger partial charge in [-0.25, -0.2) is 0 Å². The molecule has 1 aliphatic rings. The van der Waals surface area contributed by atoms with E-state index in [9.17, 15) is 14.7 Å². The van der Waals surface area contributed by atoms with Gasteiger partial charge >= 0.3 is 11.9 Å². The van der Waals surface area contributed by atoms with E-state index in [4.69, 9.17) is 10.8 Å². The highest BCUT2D eigenvalue weighted by Crippen LogP contribution is 2.48. The summed E-state index contributed by atoms with van der Waals surface area (Å²) in [6.07, 6.45) is 3.09. The Kier molecular flexibility index (Phi) is 6.15. The van der Waals surface area contributed by atoms with Crippen molar-refractivity contribution >= 4 is 11.9 Å². The lowest BCUT2D eigenvalue weighted by atomic mass is 9.61. The first-order valence-corrected chi connectivity index (χ1v) is 9.76. The second-order valence-electron chi connectivity index (χ2n) is 7.78. The second-order valence-corrected chi connectivity index (χ2v) is 7.78. The van der Waals surface area contributed by atoms with Crippen LogP contribution in [0.3, 0.4) is 0 Å². The highest BCUT2D eigenvalue weighted by atomic mass is 16.4. The van der Waals surface area contributed by atoms with Gasteiger partial charge in [-0.15, -0.1) is 0 Å². The average molecular weight is 381 g/mol. The molecule has 0 spiro atoms. The summed E-state index contributed by atoms with van der Waals surface area (Å²) < 4.78 is 0. The lowest BCUT2D eigenvalue weighted by Gasteiger charge is -2.43. The summed E-state index contributed by atoms with van der Waals surface area (Å²) in [6.45, 7) is 0. The van der Waals surface area contributed by atoms with Crippen LogP contribution in [0.15, 0.2) is 60.7 Å². The normalized spacial score (nSPS) is 18.9. The SMILES string of the molecule is N[C@@H](C[C@@H](C(=O)O)C1CCC(c2ccccc2)(c2ccccc2)CC1)C(=O)O. The third kappa shape index (κ3) is 4.09. The van der Waals surface area contributed by atoms with Crippen molar-refractivity contribution in [2.75, 3.05) is 0 Å². The molecule has 5 nitrogen and oxygen atoms in total. The predicted molar refractivity (Wildman–Crippen MR) is 107 cm³/mol. The Morgan fingerprint density at radius 2 is 1.36 bits per heavy atom. The minimum absolute atomic E-state index is 0.0288. The third-order valence-corrected chi connectivity index (χ3v) is 6.25. The standard InChI is InChI=1S/C23H27NO4/c24-20(22(27)28)15-19(21(25)26)16-11-13-23(14-12-16,17-7-3-1-4-8-17)18-9-5-2-6-10-18/h1-10,16,19-20H,11-15,24H2,(H,25,26)(H,27,28)/t19-,20+/m1/s1. The van der Waals surface area contributed by atoms with E-state index in [-0.39, 0.29) is 17.8 Å². The van der Waals surface area contributed by atoms with Crippen LogP contribution in [0.1, 0.15) is 43.2 Å². The molecule has 0 aromatic heterocycles. The summed E-state index contributed by atoms with van der Waals surface area (Å²) in [5.41, 5.74) is 7.98. The van der Waals surface area contributed by atoms with Crippen LogP contribution in [0.5, 0.6) is 0 Å². The molecule has 0 unspecified atom stereocenters. The average Bonchev–Trinajstić information content (AvgIpc) is 2.73. The molecule has 0 amide bonds. The molecular weight excluding hydrogens is 354 g/mol. The quantitative estimate of drug-likeness (QED) is 0.679. The Hall–Kier alpha value is -2.66. The molecule has 0 saturated heterocycles. The number of hydrogen-bond donors (Lipinski definition) is 3. The van der Waals surface area contributed by atoms with Gasteiger partial charge in [0.2, 0.25) is 0 Å². The monoisotopic (exact) mass is 381 g/mol. The van der Waals surface area contributed by atoms with E-state index in [0.717, 1.165) is 25.7 Å². The third-order valence-electron chi connectivity index (χ3n) is 6.25. The number of benzene rings is 2. The fraction of sp³-hybridized carbons (Fsp3) is 0.391. The minimum Gasteiger partial charge on any atom is -0.481 e. The van der Waals surface area contributed by atoms with Gasteiger partial charge in [-0.2, -0.15) is 0 Å². The molecule has 1 fully saturated rings. The summed E-state index contributed by atoms with van der Waals surface area (Å²) >= 11 is 0. The van der Waals surface area contributed by atoms with Crippen molar-refractivity contribution in [3.63, 3.8) is 0 Å². The zero-order chi connectivity index (χ0) is 20.1. The smallest absolute Gasteiger partial charge is 0.320 e. The van der Waals surface area contributed by atoms with Gasteiger partial charge in [0.1, 0.15) is 6.04 Å². The van der Waals surface area contributed by atoms with E-state index >= 15 is 0 Å². The number of hydrogen-bond acceptors (Lipinski definition) is 3. The highest BCUT2D eigenvalue weighted by Gasteiger charge is 2.42. The number of aliphatic carboxylic acids is 2. The second kappa shape index (κ2) is 8.57. The molecule has 0 bridgehead atoms. The molecular formula is C23H27NO4. The molecule has 0 heterocycles. The Balaban J connectivity index is 1.85. The molecule has 1 aliphatic carbocycles. The van der Waals surface area contributed by atoms with E-state index in [0.29, 0.717) is 0 Å². The van der Waals surface area contributed by atoms with Crippen molar-refractivity contribution in [1.29, 1.82) is 0 Å². The molecule has 5 heteroatoms. The number of nitrogens with two attached hydrogens (primary N) is 1. The maximum absolute atomic E-state index is 11.8. The molecule has 148 valence electrons. The first-order valence-electron chi connectivity index (χ1n) is 9.76. The van der Waals surface area contributed by atoms with Crippen LogP contribution in [0.2, 0.25) is 0 Å². The number of carboxylic acid groups (broad SMARTS) is 2. The van der Waals surface area contributed by atoms with Crippen molar-refractivity contribution in [2.45, 2.75) is 43.6 Å². The molecule has 2 aromatic rings. The molecule has 28 heavy (non-hydrogen) atoms. The first kappa shape index (κ1) is 20.1. The summed E-state index contributed by atoms with van der Waals surface area (Å²) in [5, 5.41) is 18.7. The van der Waals surface area contributed by atoms with Gasteiger partial charge in [-0.3, -0.25) is 9.59 Å². The number of rotatable bonds is 7. The largest absolute Gasteiger partial charge is 0.481 e. The molecule has 2 aromatic carbocycles. The van der Waals surface area contributed by atoms with Crippen molar-refractivity contribution < 1.29 is 19.8 Å². The van der Waals surface area contributed by atoms with Gasteiger partial charge in [-0.1, -0.05) is 60.7 Å². The van der Waals surface area contributed by atoms with E-state index < -0.39 is 23.9 Å². The van der Waals surface area contributed by atoms with Gasteiger partial charge < -0.3 is 15.9 Å². The van der Waals surface area contributed by atoms with Crippen LogP contribution in [-0.2, 0) is 15.0 Å². The van der Waals surface area contributed by atoms with Crippen molar-refractivity contribution in [1.82, 2.24) is 0 Å². The van der Waals surface area contributed by atoms with Crippen LogP contribution in [0, 0.1) is 11.8 Å². The van der Waals surface area contributed by atoms with Gasteiger partial charge in [0.15, 0.2) is 0 Å². The minimum atomic E-state index is -1.15. The van der Waals surface area contributed by atoms with Crippen LogP contribution < -0.4 is 5.73 Å². The number of carbonyl (C=O) groups is 2. The van der Waals surface area contributed by atoms with E-state index in [1.807, 2.05) is 36.4 Å². The molecule has 0 aliphatic heterocycles. The Bertz CT molecular complexity index is 756. The van der Waals surface area contributed by atoms with Crippen LogP contribution in [0.25, 0.3) is 0 Å². The lowest BCUT2D eigenvalue weighted by Crippen LogP contribution is -2.40. The zero-order valence-corrected chi connectivity index (χ0v) is 15.8. The van der Waals surface area contributed by atoms with Crippen molar-refractivity contribution in [3.05, 3.63) is 71.8 Å². The Labute approximate surface area is 165 Å². The Morgan fingerprint density at radius 3 is 1.75 bits per heavy atom. The molecule has 0 radical (unpaired) electrons. The summed E-state index contributed by atoms with van der Waals surface area (Å²) in [4.78, 5) is 22.9. The molecule has 3 rings (SSSR count). The van der Waals surface area contributed by atoms with Crippen LogP contribution in [-0.4, -0.2) is 28.2 Å². The predicted octanol–water partition coefficient (Wildman–Crippen LogP) is 3.67. The molecule has 4 N–H and O–H groups in total. The van der Waals surface area contributed by atoms with Gasteiger partial charge in [-0.05, 0) is 49.1 Å². The van der Waals surface area contributed by atoms with Crippen LogP contribution >= 0.6 is 0 Å². The summed E-state index contributed by atoms with van der Waals surface area (Å²) in [6, 6.07) is 19.6.